The van der Waals surface area contributed by atoms with Crippen LogP contribution in [0.4, 0.5) is 0 Å². The average molecular weight is 331 g/mol. The molecule has 22 heavy (non-hydrogen) atoms. The van der Waals surface area contributed by atoms with Gasteiger partial charge in [0.05, 0.1) is 6.26 Å². The van der Waals surface area contributed by atoms with Crippen LogP contribution in [-0.2, 0) is 14.8 Å². The molecule has 2 rings (SSSR count). The van der Waals surface area contributed by atoms with Crippen LogP contribution in [0.1, 0.15) is 45.4 Å². The van der Waals surface area contributed by atoms with Gasteiger partial charge in [-0.1, -0.05) is 13.3 Å². The first-order chi connectivity index (χ1) is 10.4. The van der Waals surface area contributed by atoms with E-state index in [1.54, 1.807) is 0 Å². The number of hydrogen-bond acceptors (Lipinski definition) is 4. The van der Waals surface area contributed by atoms with E-state index < -0.39 is 16.1 Å². The molecule has 0 unspecified atom stereocenters. The van der Waals surface area contributed by atoms with Gasteiger partial charge in [0, 0.05) is 19.1 Å². The summed E-state index contributed by atoms with van der Waals surface area (Å²) in [7, 11) is -3.32. The predicted octanol–water partition coefficient (Wildman–Crippen LogP) is 0.791. The van der Waals surface area contributed by atoms with Gasteiger partial charge < -0.3 is 5.32 Å². The lowest BCUT2D eigenvalue weighted by molar-refractivity contribution is -0.125. The number of amides is 1. The molecule has 0 aromatic rings. The molecule has 0 aromatic heterocycles. The van der Waals surface area contributed by atoms with Crippen LogP contribution < -0.4 is 5.32 Å². The van der Waals surface area contributed by atoms with Crippen LogP contribution in [0.5, 0.6) is 0 Å². The number of rotatable bonds is 6. The summed E-state index contributed by atoms with van der Waals surface area (Å²) in [6, 6.07) is -0.165. The van der Waals surface area contributed by atoms with Gasteiger partial charge in [-0.05, 0) is 45.2 Å². The van der Waals surface area contributed by atoms with Crippen LogP contribution >= 0.6 is 0 Å². The number of nitrogens with one attached hydrogen (secondary N) is 1. The Morgan fingerprint density at radius 3 is 2.41 bits per heavy atom. The Morgan fingerprint density at radius 1 is 1.18 bits per heavy atom. The van der Waals surface area contributed by atoms with E-state index in [4.69, 9.17) is 0 Å². The molecule has 0 aromatic carbocycles. The Labute approximate surface area is 134 Å². The van der Waals surface area contributed by atoms with Crippen molar-refractivity contribution >= 4 is 15.9 Å². The molecule has 2 aliphatic heterocycles. The topological polar surface area (TPSA) is 69.7 Å². The van der Waals surface area contributed by atoms with Crippen LogP contribution in [0.15, 0.2) is 0 Å². The molecule has 0 radical (unpaired) electrons. The van der Waals surface area contributed by atoms with Crippen molar-refractivity contribution in [1.29, 1.82) is 0 Å². The van der Waals surface area contributed by atoms with Gasteiger partial charge in [0.1, 0.15) is 6.04 Å². The minimum Gasteiger partial charge on any atom is -0.353 e. The highest BCUT2D eigenvalue weighted by Crippen LogP contribution is 2.20. The number of sulfonamides is 1. The van der Waals surface area contributed by atoms with E-state index in [1.165, 1.54) is 23.4 Å². The van der Waals surface area contributed by atoms with Crippen molar-refractivity contribution in [3.63, 3.8) is 0 Å². The lowest BCUT2D eigenvalue weighted by Gasteiger charge is -2.33. The molecule has 2 saturated heterocycles. The quantitative estimate of drug-likeness (QED) is 0.781. The van der Waals surface area contributed by atoms with Crippen LogP contribution in [0.2, 0.25) is 0 Å². The second-order valence-electron chi connectivity index (χ2n) is 6.44. The number of carbonyl (C=O) groups is 1. The van der Waals surface area contributed by atoms with Gasteiger partial charge in [-0.15, -0.1) is 0 Å². The third-order valence-corrected chi connectivity index (χ3v) is 6.11. The summed E-state index contributed by atoms with van der Waals surface area (Å²) < 4.78 is 25.0. The Bertz CT molecular complexity index is 474. The zero-order valence-electron chi connectivity index (χ0n) is 13.8. The molecule has 6 nitrogen and oxygen atoms in total. The molecule has 2 heterocycles. The first kappa shape index (κ1) is 17.7. The minimum atomic E-state index is -3.32. The highest BCUT2D eigenvalue weighted by atomic mass is 32.2. The van der Waals surface area contributed by atoms with Crippen molar-refractivity contribution in [1.82, 2.24) is 14.5 Å². The van der Waals surface area contributed by atoms with E-state index in [9.17, 15) is 13.2 Å². The van der Waals surface area contributed by atoms with E-state index >= 15 is 0 Å². The summed E-state index contributed by atoms with van der Waals surface area (Å²) in [5.74, 6) is -0.136. The molecule has 0 saturated carbocycles. The summed E-state index contributed by atoms with van der Waals surface area (Å²) in [4.78, 5) is 14.9. The maximum atomic E-state index is 12.5. The second-order valence-corrected chi connectivity index (χ2v) is 8.37. The first-order valence-electron chi connectivity index (χ1n) is 8.42. The summed E-state index contributed by atoms with van der Waals surface area (Å²) in [6.07, 6.45) is 7.03. The van der Waals surface area contributed by atoms with E-state index in [-0.39, 0.29) is 5.91 Å². The molecule has 2 atom stereocenters. The number of carbonyl (C=O) groups excluding carboxylic acids is 1. The van der Waals surface area contributed by atoms with Crippen molar-refractivity contribution in [2.24, 2.45) is 0 Å². The van der Waals surface area contributed by atoms with Crippen molar-refractivity contribution in [3.05, 3.63) is 0 Å². The third-order valence-electron chi connectivity index (χ3n) is 4.82. The Balaban J connectivity index is 1.92. The summed E-state index contributed by atoms with van der Waals surface area (Å²) >= 11 is 0. The van der Waals surface area contributed by atoms with Gasteiger partial charge in [0.15, 0.2) is 0 Å². The van der Waals surface area contributed by atoms with Crippen molar-refractivity contribution < 1.29 is 13.2 Å². The number of hydrogen-bond donors (Lipinski definition) is 1. The van der Waals surface area contributed by atoms with Crippen molar-refractivity contribution in [3.8, 4) is 0 Å². The largest absolute Gasteiger partial charge is 0.353 e. The molecule has 128 valence electrons. The van der Waals surface area contributed by atoms with Crippen LogP contribution in [0.3, 0.4) is 0 Å². The average Bonchev–Trinajstić information content (AvgIpc) is 3.01. The maximum absolute atomic E-state index is 12.5. The predicted molar refractivity (Wildman–Crippen MR) is 87.1 cm³/mol. The monoisotopic (exact) mass is 331 g/mol. The first-order valence-corrected chi connectivity index (χ1v) is 10.3. The van der Waals surface area contributed by atoms with Gasteiger partial charge in [0.25, 0.3) is 0 Å². The summed E-state index contributed by atoms with van der Waals surface area (Å²) in [6.45, 7) is 5.42. The smallest absolute Gasteiger partial charge is 0.238 e. The van der Waals surface area contributed by atoms with Crippen LogP contribution in [0.25, 0.3) is 0 Å². The highest BCUT2D eigenvalue weighted by molar-refractivity contribution is 7.88. The fourth-order valence-electron chi connectivity index (χ4n) is 3.54. The molecule has 1 amide bonds. The molecule has 1 N–H and O–H groups in total. The standard InChI is InChI=1S/C15H29N3O3S/c1-3-13(17-9-6-7-10-17)12-16-15(19)14-8-4-5-11-18(14)22(2,20)21/h13-14H,3-12H2,1-2H3,(H,16,19)/t13-,14+/m1/s1. The zero-order chi connectivity index (χ0) is 16.2. The Hall–Kier alpha value is -0.660. The molecule has 0 spiro atoms. The second kappa shape index (κ2) is 7.75. The molecule has 2 aliphatic rings. The fraction of sp³-hybridized carbons (Fsp3) is 0.933. The number of nitrogens with zero attached hydrogens (tertiary/aromatic N) is 2. The summed E-state index contributed by atoms with van der Waals surface area (Å²) in [5, 5.41) is 3.00. The SMILES string of the molecule is CC[C@H](CNC(=O)[C@@H]1CCCCN1S(C)(=O)=O)N1CCCC1. The Morgan fingerprint density at radius 2 is 1.82 bits per heavy atom. The molecule has 2 fully saturated rings. The maximum Gasteiger partial charge on any atom is 0.238 e. The lowest BCUT2D eigenvalue weighted by atomic mass is 10.0. The van der Waals surface area contributed by atoms with Gasteiger partial charge >= 0.3 is 0 Å². The van der Waals surface area contributed by atoms with Crippen LogP contribution in [0, 0.1) is 0 Å². The lowest BCUT2D eigenvalue weighted by Crippen LogP contribution is -2.53. The van der Waals surface area contributed by atoms with E-state index in [0.717, 1.165) is 32.4 Å². The highest BCUT2D eigenvalue weighted by Gasteiger charge is 2.34. The molecular weight excluding hydrogens is 302 g/mol. The van der Waals surface area contributed by atoms with Gasteiger partial charge in [0.2, 0.25) is 15.9 Å². The fourth-order valence-corrected chi connectivity index (χ4v) is 4.66. The van der Waals surface area contributed by atoms with Gasteiger partial charge in [-0.2, -0.15) is 4.31 Å². The molecule has 0 aliphatic carbocycles. The molecular formula is C15H29N3O3S. The van der Waals surface area contributed by atoms with Crippen molar-refractivity contribution in [2.75, 3.05) is 32.4 Å². The molecule has 7 heteroatoms. The minimum absolute atomic E-state index is 0.136. The normalized spacial score (nSPS) is 26.0. The zero-order valence-corrected chi connectivity index (χ0v) is 14.6. The summed E-state index contributed by atoms with van der Waals surface area (Å²) in [5.41, 5.74) is 0. The van der Waals surface area contributed by atoms with E-state index in [0.29, 0.717) is 25.6 Å². The Kier molecular flexibility index (Phi) is 6.23. The number of likely N-dealkylation sites (tertiary alicyclic amines) is 1. The van der Waals surface area contributed by atoms with Gasteiger partial charge in [-0.25, -0.2) is 8.42 Å². The third kappa shape index (κ3) is 4.43. The van der Waals surface area contributed by atoms with E-state index in [1.807, 2.05) is 0 Å². The van der Waals surface area contributed by atoms with Gasteiger partial charge in [-0.3, -0.25) is 9.69 Å². The number of piperidine rings is 1. The van der Waals surface area contributed by atoms with Crippen LogP contribution in [-0.4, -0.2) is 68.0 Å². The molecule has 0 bridgehead atoms. The van der Waals surface area contributed by atoms with E-state index in [2.05, 4.69) is 17.1 Å². The van der Waals surface area contributed by atoms with Crippen molar-refractivity contribution in [2.45, 2.75) is 57.5 Å².